The highest BCUT2D eigenvalue weighted by Crippen LogP contribution is 2.64. The number of carbonyl (C=O) groups is 2. The second-order valence-corrected chi connectivity index (χ2v) is 15.2. The molecule has 2 fully saturated rings. The zero-order valence-electron chi connectivity index (χ0n) is 30.7. The first-order valence-corrected chi connectivity index (χ1v) is 18.0. The molecule has 0 unspecified atom stereocenters. The lowest BCUT2D eigenvalue weighted by atomic mass is 9.79. The van der Waals surface area contributed by atoms with Gasteiger partial charge in [0.25, 0.3) is 0 Å². The topological polar surface area (TPSA) is 52.6 Å². The van der Waals surface area contributed by atoms with E-state index in [0.717, 1.165) is 75.6 Å². The maximum absolute atomic E-state index is 14.5. The Bertz CT molecular complexity index is 1600. The lowest BCUT2D eigenvalue weighted by molar-refractivity contribution is -0.454. The fraction of sp³-hybridized carbons (Fsp3) is 0.632. The van der Waals surface area contributed by atoms with E-state index in [-0.39, 0.29) is 11.8 Å². The van der Waals surface area contributed by atoms with Crippen LogP contribution in [0.5, 0.6) is 0 Å². The van der Waals surface area contributed by atoms with E-state index in [4.69, 9.17) is 0 Å². The van der Waals surface area contributed by atoms with Crippen molar-refractivity contribution in [1.29, 1.82) is 0 Å². The molecule has 326 valence electrons. The molecule has 0 aliphatic heterocycles. The molecule has 0 saturated heterocycles. The van der Waals surface area contributed by atoms with Crippen molar-refractivity contribution in [2.24, 2.45) is 11.8 Å². The van der Waals surface area contributed by atoms with Gasteiger partial charge in [0.2, 0.25) is 0 Å². The van der Waals surface area contributed by atoms with Crippen LogP contribution in [-0.2, 0) is 9.47 Å². The Labute approximate surface area is 321 Å². The summed E-state index contributed by atoms with van der Waals surface area (Å²) in [4.78, 5) is 24.4. The van der Waals surface area contributed by atoms with E-state index in [9.17, 15) is 79.8 Å². The van der Waals surface area contributed by atoms with Gasteiger partial charge in [0.05, 0.1) is 11.1 Å². The average Bonchev–Trinajstić information content (AvgIpc) is 3.16. The number of hydrogen-bond donors (Lipinski definition) is 0. The first kappa shape index (κ1) is 46.9. The molecule has 20 heteroatoms. The van der Waals surface area contributed by atoms with E-state index in [2.05, 4.69) is 9.47 Å². The standard InChI is InChI=1S/C38H38F16O4/c1-21-3-7-23(8-4-21)25-11-15-27(16-12-25)29(55)57-19-31(39,40)33(43,44)35(47,48)37(51,52)38(53,54)36(49,50)34(45,46)32(41,42)20-58-30(56)28-17-13-26(14-18-28)24-9-5-22(2)6-10-24/h11-18,21-24H,3-10,19-20H2,1-2H3. The first-order valence-electron chi connectivity index (χ1n) is 18.0. The number of hydrogen-bond acceptors (Lipinski definition) is 4. The van der Waals surface area contributed by atoms with Gasteiger partial charge >= 0.3 is 59.3 Å². The number of halogens is 16. The molecule has 4 nitrogen and oxygen atoms in total. The molecule has 2 aromatic rings. The van der Waals surface area contributed by atoms with E-state index in [1.165, 1.54) is 24.3 Å². The second-order valence-electron chi connectivity index (χ2n) is 15.2. The van der Waals surface area contributed by atoms with Gasteiger partial charge in [0, 0.05) is 0 Å². The smallest absolute Gasteiger partial charge is 0.385 e. The lowest BCUT2D eigenvalue weighted by Crippen LogP contribution is -2.75. The number of ether oxygens (including phenoxy) is 2. The molecule has 2 saturated carbocycles. The average molecular weight is 863 g/mol. The van der Waals surface area contributed by atoms with Crippen LogP contribution >= 0.6 is 0 Å². The summed E-state index contributed by atoms with van der Waals surface area (Å²) in [6, 6.07) is 9.07. The Morgan fingerprint density at radius 1 is 0.431 bits per heavy atom. The molecule has 2 aliphatic carbocycles. The summed E-state index contributed by atoms with van der Waals surface area (Å²) < 4.78 is 239. The molecule has 0 amide bonds. The van der Waals surface area contributed by atoms with Gasteiger partial charge in [-0.1, -0.05) is 63.8 Å². The lowest BCUT2D eigenvalue weighted by Gasteiger charge is -2.43. The van der Waals surface area contributed by atoms with Gasteiger partial charge in [0.15, 0.2) is 13.2 Å². The van der Waals surface area contributed by atoms with E-state index < -0.39 is 83.7 Å². The van der Waals surface area contributed by atoms with Crippen molar-refractivity contribution in [3.63, 3.8) is 0 Å². The predicted molar refractivity (Wildman–Crippen MR) is 174 cm³/mol. The second kappa shape index (κ2) is 16.4. The Morgan fingerprint density at radius 2 is 0.672 bits per heavy atom. The number of carbonyl (C=O) groups excluding carboxylic acids is 2. The summed E-state index contributed by atoms with van der Waals surface area (Å²) in [5.74, 6) is -66.6. The van der Waals surface area contributed by atoms with Crippen LogP contribution < -0.4 is 0 Å². The molecule has 0 aromatic heterocycles. The van der Waals surface area contributed by atoms with E-state index in [0.29, 0.717) is 23.0 Å². The van der Waals surface area contributed by atoms with Gasteiger partial charge in [-0.25, -0.2) is 9.59 Å². The van der Waals surface area contributed by atoms with Crippen LogP contribution in [0.2, 0.25) is 0 Å². The molecule has 0 spiro atoms. The summed E-state index contributed by atoms with van der Waals surface area (Å²) in [6.07, 6.45) is 6.36. The highest BCUT2D eigenvalue weighted by Gasteiger charge is 2.95. The predicted octanol–water partition coefficient (Wildman–Crippen LogP) is 12.4. The van der Waals surface area contributed by atoms with Gasteiger partial charge in [0.1, 0.15) is 0 Å². The van der Waals surface area contributed by atoms with Crippen LogP contribution in [0.4, 0.5) is 70.2 Å². The summed E-state index contributed by atoms with van der Waals surface area (Å²) >= 11 is 0. The number of benzene rings is 2. The minimum absolute atomic E-state index is 0.0192. The molecule has 0 N–H and O–H groups in total. The summed E-state index contributed by atoms with van der Waals surface area (Å²) in [5.41, 5.74) is 0.00102. The highest BCUT2D eigenvalue weighted by atomic mass is 19.4. The first-order chi connectivity index (χ1) is 26.4. The minimum atomic E-state index is -8.67. The molecule has 0 atom stereocenters. The van der Waals surface area contributed by atoms with Crippen LogP contribution in [0.15, 0.2) is 48.5 Å². The minimum Gasteiger partial charge on any atom is -0.455 e. The van der Waals surface area contributed by atoms with Gasteiger partial charge < -0.3 is 9.47 Å². The number of alkyl halides is 16. The third kappa shape index (κ3) is 8.48. The van der Waals surface area contributed by atoms with Crippen LogP contribution in [0.25, 0.3) is 0 Å². The summed E-state index contributed by atoms with van der Waals surface area (Å²) in [6.45, 7) is -2.49. The number of esters is 2. The van der Waals surface area contributed by atoms with Gasteiger partial charge in [-0.3, -0.25) is 0 Å². The van der Waals surface area contributed by atoms with Crippen molar-refractivity contribution in [3.05, 3.63) is 70.8 Å². The number of rotatable bonds is 15. The molecular weight excluding hydrogens is 824 g/mol. The molecule has 0 bridgehead atoms. The molecule has 2 aromatic carbocycles. The van der Waals surface area contributed by atoms with Gasteiger partial charge in [-0.15, -0.1) is 0 Å². The maximum atomic E-state index is 14.5. The SMILES string of the molecule is CC1CCC(c2ccc(C(=O)OCC(F)(F)C(F)(F)C(F)(F)C(F)(F)C(F)(F)C(F)(F)C(F)(F)C(F)(F)COC(=O)c3ccc(C4CCC(C)CC4)cc3)cc2)CC1. The van der Waals surface area contributed by atoms with Crippen molar-refractivity contribution >= 4 is 11.9 Å². The third-order valence-electron chi connectivity index (χ3n) is 10.9. The molecule has 4 rings (SSSR count). The van der Waals surface area contributed by atoms with Crippen molar-refractivity contribution in [2.75, 3.05) is 13.2 Å². The molecular formula is C38H38F16O4. The molecule has 2 aliphatic rings. The van der Waals surface area contributed by atoms with Gasteiger partial charge in [-0.05, 0) is 84.7 Å². The highest BCUT2D eigenvalue weighted by molar-refractivity contribution is 5.90. The monoisotopic (exact) mass is 862 g/mol. The Hall–Kier alpha value is -3.74. The van der Waals surface area contributed by atoms with E-state index in [1.807, 2.05) is 13.8 Å². The molecule has 58 heavy (non-hydrogen) atoms. The normalized spacial score (nSPS) is 22.0. The van der Waals surface area contributed by atoms with Crippen molar-refractivity contribution in [2.45, 2.75) is 124 Å². The van der Waals surface area contributed by atoms with Crippen LogP contribution in [0.3, 0.4) is 0 Å². The van der Waals surface area contributed by atoms with Gasteiger partial charge in [-0.2, -0.15) is 70.2 Å². The maximum Gasteiger partial charge on any atom is 0.385 e. The summed E-state index contributed by atoms with van der Waals surface area (Å²) in [7, 11) is 0. The largest absolute Gasteiger partial charge is 0.455 e. The molecule has 0 radical (unpaired) electrons. The Kier molecular flexibility index (Phi) is 13.3. The Morgan fingerprint density at radius 3 is 0.931 bits per heavy atom. The third-order valence-corrected chi connectivity index (χ3v) is 10.9. The van der Waals surface area contributed by atoms with Crippen molar-refractivity contribution in [1.82, 2.24) is 0 Å². The fourth-order valence-electron chi connectivity index (χ4n) is 6.88. The zero-order chi connectivity index (χ0) is 43.9. The van der Waals surface area contributed by atoms with Crippen molar-refractivity contribution < 1.29 is 89.3 Å². The van der Waals surface area contributed by atoms with E-state index in [1.54, 1.807) is 0 Å². The molecule has 0 heterocycles. The van der Waals surface area contributed by atoms with Crippen LogP contribution in [0, 0.1) is 11.8 Å². The zero-order valence-corrected chi connectivity index (χ0v) is 30.7. The van der Waals surface area contributed by atoms with Crippen molar-refractivity contribution in [3.8, 4) is 0 Å². The Balaban J connectivity index is 1.45. The quantitative estimate of drug-likeness (QED) is 0.132. The van der Waals surface area contributed by atoms with Crippen LogP contribution in [0.1, 0.15) is 109 Å². The fourth-order valence-corrected chi connectivity index (χ4v) is 6.88. The van der Waals surface area contributed by atoms with Crippen LogP contribution in [-0.4, -0.2) is 72.5 Å². The summed E-state index contributed by atoms with van der Waals surface area (Å²) in [5, 5.41) is 0. The van der Waals surface area contributed by atoms with E-state index >= 15 is 0 Å².